The summed E-state index contributed by atoms with van der Waals surface area (Å²) in [6.45, 7) is 11.5. The van der Waals surface area contributed by atoms with Crippen molar-refractivity contribution in [3.8, 4) is 17.9 Å². The Labute approximate surface area is 522 Å². The zero-order valence-corrected chi connectivity index (χ0v) is 51.8. The van der Waals surface area contributed by atoms with Gasteiger partial charge in [0.25, 0.3) is 5.91 Å². The smallest absolute Gasteiger partial charge is 0.277 e. The van der Waals surface area contributed by atoms with Gasteiger partial charge in [-0.05, 0) is 92.1 Å². The number of carbonyl (C=O) groups excluding carboxylic acids is 2. The number of halogens is 4. The summed E-state index contributed by atoms with van der Waals surface area (Å²) in [6.07, 6.45) is -0.159. The summed E-state index contributed by atoms with van der Waals surface area (Å²) in [5.74, 6) is -3.20. The number of aliphatic hydroxyl groups excluding tert-OH is 2. The van der Waals surface area contributed by atoms with Gasteiger partial charge in [0.05, 0.1) is 80.6 Å². The van der Waals surface area contributed by atoms with E-state index in [1.165, 1.54) is 55.6 Å². The second-order valence-electron chi connectivity index (χ2n) is 24.5. The number of rotatable bonds is 20. The van der Waals surface area contributed by atoms with E-state index in [9.17, 15) is 30.3 Å². The van der Waals surface area contributed by atoms with Crippen LogP contribution in [0, 0.1) is 45.6 Å². The topological polar surface area (TPSA) is 225 Å². The number of nitrogens with one attached hydrogen (secondary N) is 3. The van der Waals surface area contributed by atoms with Crippen molar-refractivity contribution in [3.05, 3.63) is 153 Å². The third-order valence-electron chi connectivity index (χ3n) is 17.6. The number of piperazine rings is 1. The predicted octanol–water partition coefficient (Wildman–Crippen LogP) is 9.26. The number of nitrogens with zero attached hydrogens (tertiary/aromatic N) is 8. The van der Waals surface area contributed by atoms with Crippen molar-refractivity contribution in [3.63, 3.8) is 0 Å². The fraction of sp³-hybridized carbons (Fsp3) is 0.455. The molecule has 0 saturated carbocycles. The first-order valence-corrected chi connectivity index (χ1v) is 30.6. The van der Waals surface area contributed by atoms with Crippen molar-refractivity contribution in [1.82, 2.24) is 30.6 Å². The number of hydroxylamine groups is 2. The molecule has 5 heterocycles. The number of methoxy groups -OCH3 is 1. The van der Waals surface area contributed by atoms with Crippen LogP contribution in [0.25, 0.3) is 10.8 Å². The van der Waals surface area contributed by atoms with Gasteiger partial charge in [-0.3, -0.25) is 19.3 Å². The molecule has 10 rings (SSSR count). The standard InChI is InChI=1S/C66H75Cl2F2N11O7/c1-7-81(64(85)40-18-21-50(55(31-40)86-6)75-63(84)59-57(46-15-11-16-48(68)58(46)70)66(38-72,56(76-59)33-65(2,3)4)47-20-19-42(67)32-49(47)69)88-29-28-87-37-54(82)41-30-53(78(5)34-41)60(83)61-74-51-36-79(52-17-10-13-39-12-8-9-14-44(39)52)26-23-45(51)62(77-61)80-27-25-73-43(35-80)22-24-71/h8-21,31-32,41,43,53-54,56-57,59-60,73,76,82-83H,7,22-23,25-30,33-37H2,1-6H3,(H,75,84)/t41-,43+,53+,54?,56+,57+,59-,60?,66+/m1/s1. The Morgan fingerprint density at radius 2 is 1.75 bits per heavy atom. The fourth-order valence-electron chi connectivity index (χ4n) is 13.3. The molecule has 4 aliphatic heterocycles. The number of benzene rings is 5. The van der Waals surface area contributed by atoms with Gasteiger partial charge in [0.2, 0.25) is 5.91 Å². The molecule has 22 heteroatoms. The van der Waals surface area contributed by atoms with Gasteiger partial charge in [0, 0.05) is 102 Å². The van der Waals surface area contributed by atoms with Gasteiger partial charge in [-0.2, -0.15) is 10.5 Å². The predicted molar refractivity (Wildman–Crippen MR) is 333 cm³/mol. The van der Waals surface area contributed by atoms with Gasteiger partial charge in [-0.25, -0.2) is 23.8 Å². The van der Waals surface area contributed by atoms with E-state index in [1.54, 1.807) is 6.92 Å². The van der Waals surface area contributed by atoms with E-state index in [0.29, 0.717) is 57.8 Å². The summed E-state index contributed by atoms with van der Waals surface area (Å²) in [4.78, 5) is 51.5. The van der Waals surface area contributed by atoms with Crippen LogP contribution in [0.2, 0.25) is 10.0 Å². The van der Waals surface area contributed by atoms with Crippen LogP contribution in [0.4, 0.5) is 26.0 Å². The third-order valence-corrected chi connectivity index (χ3v) is 18.1. The number of fused-ring (bicyclic) bond motifs is 2. The number of ether oxygens (including phenoxy) is 2. The Hall–Kier alpha value is -7.08. The third kappa shape index (κ3) is 13.3. The van der Waals surface area contributed by atoms with Crippen molar-refractivity contribution in [2.24, 2.45) is 11.3 Å². The highest BCUT2D eigenvalue weighted by molar-refractivity contribution is 6.31. The second-order valence-corrected chi connectivity index (χ2v) is 25.3. The molecule has 4 aliphatic rings. The summed E-state index contributed by atoms with van der Waals surface area (Å²) in [6, 6.07) is 29.3. The maximum absolute atomic E-state index is 16.3. The van der Waals surface area contributed by atoms with E-state index in [1.807, 2.05) is 44.9 Å². The number of aromatic nitrogens is 2. The van der Waals surface area contributed by atoms with Gasteiger partial charge in [0.15, 0.2) is 5.82 Å². The molecule has 5 N–H and O–H groups in total. The number of likely N-dealkylation sites (N-methyl/N-ethyl adjacent to an activating group) is 1. The van der Waals surface area contributed by atoms with Gasteiger partial charge < -0.3 is 45.4 Å². The zero-order valence-electron chi connectivity index (χ0n) is 50.3. The highest BCUT2D eigenvalue weighted by Crippen LogP contribution is 2.53. The summed E-state index contributed by atoms with van der Waals surface area (Å²) in [5, 5.41) is 57.5. The van der Waals surface area contributed by atoms with Gasteiger partial charge >= 0.3 is 0 Å². The van der Waals surface area contributed by atoms with Crippen LogP contribution < -0.4 is 30.5 Å². The first-order valence-electron chi connectivity index (χ1n) is 29.9. The number of aliphatic hydroxyl groups is 2. The number of hydrogen-bond donors (Lipinski definition) is 5. The molecule has 3 fully saturated rings. The largest absolute Gasteiger partial charge is 0.495 e. The molecule has 1 aromatic heterocycles. The minimum absolute atomic E-state index is 0.0203. The summed E-state index contributed by atoms with van der Waals surface area (Å²) in [5.41, 5.74) is 0.919. The summed E-state index contributed by atoms with van der Waals surface area (Å²) >= 11 is 12.5. The number of likely N-dealkylation sites (tertiary alicyclic amines) is 1. The number of carbonyl (C=O) groups is 2. The number of amides is 2. The molecule has 9 atom stereocenters. The molecule has 5 aromatic carbocycles. The Kier molecular flexibility index (Phi) is 19.9. The van der Waals surface area contributed by atoms with Crippen LogP contribution >= 0.6 is 23.2 Å². The molecule has 2 amide bonds. The van der Waals surface area contributed by atoms with Crippen molar-refractivity contribution in [1.29, 1.82) is 10.5 Å². The molecule has 0 radical (unpaired) electrons. The van der Waals surface area contributed by atoms with Crippen LogP contribution in [-0.4, -0.2) is 145 Å². The highest BCUT2D eigenvalue weighted by Gasteiger charge is 2.61. The van der Waals surface area contributed by atoms with Crippen LogP contribution in [0.3, 0.4) is 0 Å². The normalized spacial score (nSPS) is 22.8. The van der Waals surface area contributed by atoms with Crippen LogP contribution in [-0.2, 0) is 32.7 Å². The minimum Gasteiger partial charge on any atom is -0.495 e. The molecule has 0 aliphatic carbocycles. The number of hydrogen-bond acceptors (Lipinski definition) is 16. The molecular weight excluding hydrogens is 1170 g/mol. The van der Waals surface area contributed by atoms with Crippen molar-refractivity contribution < 1.29 is 42.9 Å². The van der Waals surface area contributed by atoms with Gasteiger partial charge in [-0.15, -0.1) is 0 Å². The SMILES string of the molecule is CCN(OCCOCC(O)[C@@H]1C[C@@H](C(O)c2nc3c(c(N4CCN[C@@H](CC#N)C4)n2)CCN(c2cccc4ccccc24)C3)N(C)C1)C(=O)c1ccc(NC(=O)[C@@H]2N[C@@H](CC(C)(C)C)[C@](C#N)(c3ccc(Cl)cc3F)[C@H]2c2cccc(Cl)c2F)c(OC)c1. The van der Waals surface area contributed by atoms with E-state index in [0.717, 1.165) is 51.2 Å². The Morgan fingerprint density at radius 1 is 0.966 bits per heavy atom. The van der Waals surface area contributed by atoms with Crippen molar-refractivity contribution >= 4 is 63.0 Å². The maximum Gasteiger partial charge on any atom is 0.277 e. The lowest BCUT2D eigenvalue weighted by molar-refractivity contribution is -0.137. The molecule has 464 valence electrons. The molecule has 18 nitrogen and oxygen atoms in total. The van der Waals surface area contributed by atoms with E-state index in [4.69, 9.17) is 47.5 Å². The Bertz CT molecular complexity index is 3620. The number of nitriles is 2. The van der Waals surface area contributed by atoms with Gasteiger partial charge in [-0.1, -0.05) is 98.6 Å². The maximum atomic E-state index is 16.3. The van der Waals surface area contributed by atoms with E-state index in [-0.39, 0.29) is 82.9 Å². The summed E-state index contributed by atoms with van der Waals surface area (Å²) < 4.78 is 44.2. The fourth-order valence-corrected chi connectivity index (χ4v) is 13.7. The van der Waals surface area contributed by atoms with Crippen LogP contribution in [0.15, 0.2) is 97.1 Å². The minimum atomic E-state index is -1.85. The lowest BCUT2D eigenvalue weighted by Crippen LogP contribution is -2.51. The van der Waals surface area contributed by atoms with Gasteiger partial charge in [0.1, 0.15) is 34.7 Å². The van der Waals surface area contributed by atoms with Crippen LogP contribution in [0.5, 0.6) is 5.75 Å². The van der Waals surface area contributed by atoms with Crippen molar-refractivity contribution in [2.45, 2.75) is 108 Å². The molecule has 88 heavy (non-hydrogen) atoms. The van der Waals surface area contributed by atoms with E-state index < -0.39 is 70.5 Å². The number of anilines is 3. The van der Waals surface area contributed by atoms with E-state index >= 15 is 8.78 Å². The monoisotopic (exact) mass is 1240 g/mol. The zero-order chi connectivity index (χ0) is 62.6. The molecule has 6 aromatic rings. The average molecular weight is 1240 g/mol. The van der Waals surface area contributed by atoms with Crippen LogP contribution in [0.1, 0.15) is 97.5 Å². The lowest BCUT2D eigenvalue weighted by atomic mass is 9.62. The second kappa shape index (κ2) is 27.3. The molecule has 0 bridgehead atoms. The highest BCUT2D eigenvalue weighted by atomic mass is 35.5. The van der Waals surface area contributed by atoms with E-state index in [2.05, 4.69) is 68.2 Å². The molecule has 0 spiro atoms. The quantitative estimate of drug-likeness (QED) is 0.0355. The first kappa shape index (κ1) is 63.9. The average Bonchev–Trinajstić information content (AvgIpc) is 1.54. The Balaban J connectivity index is 0.773. The first-order chi connectivity index (χ1) is 42.3. The van der Waals surface area contributed by atoms with Crippen molar-refractivity contribution in [2.75, 3.05) is 88.4 Å². The molecular formula is C66H75Cl2F2N11O7. The Morgan fingerprint density at radius 3 is 2.50 bits per heavy atom. The lowest BCUT2D eigenvalue weighted by Gasteiger charge is -2.38. The molecule has 2 unspecified atom stereocenters. The summed E-state index contributed by atoms with van der Waals surface area (Å²) in [7, 11) is 3.29. The molecule has 3 saturated heterocycles.